The van der Waals surface area contributed by atoms with Gasteiger partial charge >= 0.3 is 0 Å². The van der Waals surface area contributed by atoms with Crippen LogP contribution < -0.4 is 10.1 Å². The van der Waals surface area contributed by atoms with Gasteiger partial charge in [0, 0.05) is 6.20 Å². The molecule has 1 heterocycles. The van der Waals surface area contributed by atoms with E-state index in [1.54, 1.807) is 6.20 Å². The summed E-state index contributed by atoms with van der Waals surface area (Å²) >= 11 is 0. The lowest BCUT2D eigenvalue weighted by molar-refractivity contribution is -0.123. The molecule has 1 aromatic carbocycles. The second-order valence-corrected chi connectivity index (χ2v) is 3.70. The first-order chi connectivity index (χ1) is 8.84. The molecular formula is C14H14N2O2. The van der Waals surface area contributed by atoms with Crippen LogP contribution >= 0.6 is 0 Å². The number of rotatable bonds is 5. The molecule has 1 amide bonds. The molecule has 0 fully saturated rings. The molecule has 1 aromatic heterocycles. The molecule has 1 N–H and O–H groups in total. The number of para-hydroxylation sites is 1. The first-order valence-electron chi connectivity index (χ1n) is 5.69. The summed E-state index contributed by atoms with van der Waals surface area (Å²) in [7, 11) is 0. The summed E-state index contributed by atoms with van der Waals surface area (Å²) in [5, 5.41) is 2.74. The number of hydrogen-bond acceptors (Lipinski definition) is 3. The van der Waals surface area contributed by atoms with Crippen molar-refractivity contribution in [2.24, 2.45) is 0 Å². The monoisotopic (exact) mass is 242 g/mol. The molecule has 2 aromatic rings. The zero-order valence-corrected chi connectivity index (χ0v) is 9.87. The smallest absolute Gasteiger partial charge is 0.258 e. The number of carbonyl (C=O) groups is 1. The molecule has 4 nitrogen and oxygen atoms in total. The van der Waals surface area contributed by atoms with Crippen molar-refractivity contribution in [2.45, 2.75) is 6.54 Å². The number of benzene rings is 1. The van der Waals surface area contributed by atoms with Gasteiger partial charge in [-0.3, -0.25) is 9.78 Å². The van der Waals surface area contributed by atoms with E-state index in [2.05, 4.69) is 10.3 Å². The Morgan fingerprint density at radius 2 is 1.89 bits per heavy atom. The number of aromatic nitrogens is 1. The summed E-state index contributed by atoms with van der Waals surface area (Å²) in [4.78, 5) is 15.6. The topological polar surface area (TPSA) is 51.2 Å². The summed E-state index contributed by atoms with van der Waals surface area (Å²) in [6.45, 7) is 0.425. The number of ether oxygens (including phenoxy) is 1. The fourth-order valence-corrected chi connectivity index (χ4v) is 1.41. The molecule has 0 unspecified atom stereocenters. The SMILES string of the molecule is O=C(COc1ccccc1)NCc1ccccn1. The Morgan fingerprint density at radius 1 is 1.11 bits per heavy atom. The lowest BCUT2D eigenvalue weighted by Crippen LogP contribution is -2.28. The van der Waals surface area contributed by atoms with Crippen molar-refractivity contribution in [3.63, 3.8) is 0 Å². The van der Waals surface area contributed by atoms with Crippen LogP contribution in [0.25, 0.3) is 0 Å². The molecule has 92 valence electrons. The van der Waals surface area contributed by atoms with Crippen molar-refractivity contribution < 1.29 is 9.53 Å². The molecule has 0 atom stereocenters. The normalized spacial score (nSPS) is 9.78. The fourth-order valence-electron chi connectivity index (χ4n) is 1.41. The highest BCUT2D eigenvalue weighted by atomic mass is 16.5. The molecule has 0 spiro atoms. The third-order valence-electron chi connectivity index (χ3n) is 2.31. The maximum absolute atomic E-state index is 11.5. The quantitative estimate of drug-likeness (QED) is 0.869. The number of pyridine rings is 1. The van der Waals surface area contributed by atoms with Gasteiger partial charge in [0.2, 0.25) is 0 Å². The highest BCUT2D eigenvalue weighted by Gasteiger charge is 2.02. The average molecular weight is 242 g/mol. The third-order valence-corrected chi connectivity index (χ3v) is 2.31. The van der Waals surface area contributed by atoms with Crippen LogP contribution in [0.3, 0.4) is 0 Å². The van der Waals surface area contributed by atoms with E-state index in [4.69, 9.17) is 4.74 Å². The van der Waals surface area contributed by atoms with Gasteiger partial charge in [-0.25, -0.2) is 0 Å². The first-order valence-corrected chi connectivity index (χ1v) is 5.69. The Labute approximate surface area is 106 Å². The lowest BCUT2D eigenvalue weighted by atomic mass is 10.3. The van der Waals surface area contributed by atoms with Gasteiger partial charge in [-0.15, -0.1) is 0 Å². The third kappa shape index (κ3) is 3.90. The van der Waals surface area contributed by atoms with Crippen LogP contribution in [0.5, 0.6) is 5.75 Å². The zero-order chi connectivity index (χ0) is 12.6. The predicted molar refractivity (Wildman–Crippen MR) is 68.0 cm³/mol. The van der Waals surface area contributed by atoms with Crippen LogP contribution in [0.2, 0.25) is 0 Å². The molecule has 0 aliphatic rings. The summed E-state index contributed by atoms with van der Waals surface area (Å²) in [6.07, 6.45) is 1.70. The van der Waals surface area contributed by atoms with Gasteiger partial charge in [0.1, 0.15) is 5.75 Å². The van der Waals surface area contributed by atoms with E-state index < -0.39 is 0 Å². The second-order valence-electron chi connectivity index (χ2n) is 3.70. The second kappa shape index (κ2) is 6.39. The Balaban J connectivity index is 1.73. The van der Waals surface area contributed by atoms with Crippen LogP contribution in [0.15, 0.2) is 54.7 Å². The van der Waals surface area contributed by atoms with Gasteiger partial charge in [-0.05, 0) is 24.3 Å². The van der Waals surface area contributed by atoms with Crippen molar-refractivity contribution in [1.29, 1.82) is 0 Å². The standard InChI is InChI=1S/C14H14N2O2/c17-14(11-18-13-7-2-1-3-8-13)16-10-12-6-4-5-9-15-12/h1-9H,10-11H2,(H,16,17). The van der Waals surface area contributed by atoms with Crippen molar-refractivity contribution in [2.75, 3.05) is 6.61 Å². The van der Waals surface area contributed by atoms with Crippen LogP contribution in [0, 0.1) is 0 Å². The molecule has 18 heavy (non-hydrogen) atoms. The molecule has 0 bridgehead atoms. The summed E-state index contributed by atoms with van der Waals surface area (Å²) in [5.41, 5.74) is 0.825. The number of nitrogens with one attached hydrogen (secondary N) is 1. The minimum atomic E-state index is -0.162. The van der Waals surface area contributed by atoms with E-state index in [1.807, 2.05) is 48.5 Å². The zero-order valence-electron chi connectivity index (χ0n) is 9.87. The molecule has 4 heteroatoms. The molecule has 0 saturated heterocycles. The van der Waals surface area contributed by atoms with Crippen molar-refractivity contribution in [1.82, 2.24) is 10.3 Å². The van der Waals surface area contributed by atoms with Crippen LogP contribution in [0.4, 0.5) is 0 Å². The van der Waals surface area contributed by atoms with E-state index in [-0.39, 0.29) is 12.5 Å². The number of nitrogens with zero attached hydrogens (tertiary/aromatic N) is 1. The summed E-state index contributed by atoms with van der Waals surface area (Å²) in [6, 6.07) is 14.8. The summed E-state index contributed by atoms with van der Waals surface area (Å²) < 4.78 is 5.32. The number of amides is 1. The van der Waals surface area contributed by atoms with E-state index in [9.17, 15) is 4.79 Å². The Bertz CT molecular complexity index is 440. The predicted octanol–water partition coefficient (Wildman–Crippen LogP) is 1.78. The van der Waals surface area contributed by atoms with Crippen molar-refractivity contribution in [3.8, 4) is 5.75 Å². The van der Waals surface area contributed by atoms with E-state index in [1.165, 1.54) is 0 Å². The highest BCUT2D eigenvalue weighted by molar-refractivity contribution is 5.77. The van der Waals surface area contributed by atoms with Crippen LogP contribution in [-0.2, 0) is 11.3 Å². The molecule has 2 rings (SSSR count). The molecular weight excluding hydrogens is 228 g/mol. The first kappa shape index (κ1) is 12.1. The van der Waals surface area contributed by atoms with Gasteiger partial charge in [-0.1, -0.05) is 24.3 Å². The van der Waals surface area contributed by atoms with Crippen LogP contribution in [0.1, 0.15) is 5.69 Å². The fraction of sp³-hybridized carbons (Fsp3) is 0.143. The van der Waals surface area contributed by atoms with E-state index in [0.717, 1.165) is 5.69 Å². The molecule has 0 radical (unpaired) electrons. The van der Waals surface area contributed by atoms with E-state index >= 15 is 0 Å². The Morgan fingerprint density at radius 3 is 2.61 bits per heavy atom. The largest absolute Gasteiger partial charge is 0.484 e. The van der Waals surface area contributed by atoms with Crippen molar-refractivity contribution in [3.05, 3.63) is 60.4 Å². The van der Waals surface area contributed by atoms with Gasteiger partial charge in [-0.2, -0.15) is 0 Å². The Hall–Kier alpha value is -2.36. The van der Waals surface area contributed by atoms with Gasteiger partial charge in [0.15, 0.2) is 6.61 Å². The average Bonchev–Trinajstić information content (AvgIpc) is 2.45. The van der Waals surface area contributed by atoms with Gasteiger partial charge in [0.25, 0.3) is 5.91 Å². The molecule has 0 aliphatic heterocycles. The van der Waals surface area contributed by atoms with Gasteiger partial charge in [0.05, 0.1) is 12.2 Å². The highest BCUT2D eigenvalue weighted by Crippen LogP contribution is 2.07. The number of carbonyl (C=O) groups excluding carboxylic acids is 1. The maximum atomic E-state index is 11.5. The van der Waals surface area contributed by atoms with E-state index in [0.29, 0.717) is 12.3 Å². The summed E-state index contributed by atoms with van der Waals surface area (Å²) in [5.74, 6) is 0.523. The minimum absolute atomic E-state index is 0.0108. The van der Waals surface area contributed by atoms with Gasteiger partial charge < -0.3 is 10.1 Å². The lowest BCUT2D eigenvalue weighted by Gasteiger charge is -2.06. The van der Waals surface area contributed by atoms with Crippen LogP contribution in [-0.4, -0.2) is 17.5 Å². The molecule has 0 saturated carbocycles. The number of hydrogen-bond donors (Lipinski definition) is 1. The minimum Gasteiger partial charge on any atom is -0.484 e. The molecule has 0 aliphatic carbocycles. The van der Waals surface area contributed by atoms with Crippen molar-refractivity contribution >= 4 is 5.91 Å². The maximum Gasteiger partial charge on any atom is 0.258 e. The Kier molecular flexibility index (Phi) is 4.30.